The second-order valence-electron chi connectivity index (χ2n) is 13.5. The highest BCUT2D eigenvalue weighted by Crippen LogP contribution is 2.67. The standard InChI is InChI=1S/C31H44O3S2/c1-6-31(32,19-10-8-7-9-11-19)28-35-26-14-20-12-24(29(20,2)3)22(26)16-33-18-34-17-23-25-13-21(30(25,4)5)15-27(23)36-28/h6-11,20-28,32H,1,12-18H2,2-5H3/t20-,21-,22+,23+,24+,25+,26+,27+,31-/m1/s1. The van der Waals surface area contributed by atoms with Gasteiger partial charge >= 0.3 is 0 Å². The molecular formula is C31H44O3S2. The zero-order chi connectivity index (χ0) is 25.3. The van der Waals surface area contributed by atoms with Crippen LogP contribution in [-0.2, 0) is 15.1 Å². The summed E-state index contributed by atoms with van der Waals surface area (Å²) in [5.41, 5.74) is 0.661. The minimum Gasteiger partial charge on any atom is -0.379 e. The summed E-state index contributed by atoms with van der Waals surface area (Å²) in [6.07, 6.45) is 6.90. The fraction of sp³-hybridized carbons (Fsp3) is 0.742. The summed E-state index contributed by atoms with van der Waals surface area (Å²) in [5, 5.41) is 13.3. The summed E-state index contributed by atoms with van der Waals surface area (Å²) in [5.74, 6) is 3.92. The van der Waals surface area contributed by atoms with E-state index in [1.54, 1.807) is 0 Å². The Kier molecular flexibility index (Phi) is 6.68. The predicted octanol–water partition coefficient (Wildman–Crippen LogP) is 6.96. The van der Waals surface area contributed by atoms with Crippen molar-refractivity contribution in [3.8, 4) is 0 Å². The molecule has 9 atom stereocenters. The second-order valence-corrected chi connectivity index (χ2v) is 16.5. The van der Waals surface area contributed by atoms with Gasteiger partial charge in [0.2, 0.25) is 0 Å². The third-order valence-electron chi connectivity index (χ3n) is 11.4. The van der Waals surface area contributed by atoms with E-state index in [4.69, 9.17) is 9.47 Å². The highest BCUT2D eigenvalue weighted by Gasteiger charge is 2.61. The van der Waals surface area contributed by atoms with Gasteiger partial charge in [0.05, 0.1) is 17.8 Å². The Labute approximate surface area is 226 Å². The van der Waals surface area contributed by atoms with E-state index in [-0.39, 0.29) is 4.58 Å². The molecule has 1 aromatic rings. The van der Waals surface area contributed by atoms with Crippen LogP contribution in [0.3, 0.4) is 0 Å². The van der Waals surface area contributed by atoms with Crippen molar-refractivity contribution >= 4 is 23.5 Å². The van der Waals surface area contributed by atoms with Gasteiger partial charge in [0.25, 0.3) is 0 Å². The van der Waals surface area contributed by atoms with Crippen LogP contribution >= 0.6 is 23.5 Å². The summed E-state index contributed by atoms with van der Waals surface area (Å²) >= 11 is 4.08. The lowest BCUT2D eigenvalue weighted by Gasteiger charge is -2.64. The van der Waals surface area contributed by atoms with Crippen LogP contribution in [0.1, 0.15) is 58.9 Å². The van der Waals surface area contributed by atoms with Crippen LogP contribution in [0.15, 0.2) is 43.0 Å². The molecule has 1 heterocycles. The maximum atomic E-state index is 12.3. The van der Waals surface area contributed by atoms with Crippen molar-refractivity contribution < 1.29 is 14.6 Å². The van der Waals surface area contributed by atoms with E-state index in [0.29, 0.717) is 51.8 Å². The number of aliphatic hydroxyl groups is 1. The zero-order valence-corrected chi connectivity index (χ0v) is 24.0. The lowest BCUT2D eigenvalue weighted by atomic mass is 9.45. The van der Waals surface area contributed by atoms with Gasteiger partial charge in [0.1, 0.15) is 12.4 Å². The molecule has 3 nitrogen and oxygen atoms in total. The van der Waals surface area contributed by atoms with Crippen molar-refractivity contribution in [2.24, 2.45) is 46.3 Å². The highest BCUT2D eigenvalue weighted by atomic mass is 32.2. The van der Waals surface area contributed by atoms with E-state index in [9.17, 15) is 5.11 Å². The van der Waals surface area contributed by atoms with Gasteiger partial charge < -0.3 is 14.6 Å². The Balaban J connectivity index is 1.35. The average molecular weight is 529 g/mol. The zero-order valence-electron chi connectivity index (χ0n) is 22.4. The monoisotopic (exact) mass is 528 g/mol. The topological polar surface area (TPSA) is 38.7 Å². The van der Waals surface area contributed by atoms with Gasteiger partial charge in [-0.1, -0.05) is 70.7 Å². The third-order valence-corrected chi connectivity index (χ3v) is 15.1. The molecule has 0 unspecified atom stereocenters. The maximum absolute atomic E-state index is 12.3. The summed E-state index contributed by atoms with van der Waals surface area (Å²) in [7, 11) is 0. The van der Waals surface area contributed by atoms with Gasteiger partial charge in [-0.15, -0.1) is 23.5 Å². The molecule has 1 saturated heterocycles. The first-order chi connectivity index (χ1) is 17.2. The Morgan fingerprint density at radius 1 is 0.861 bits per heavy atom. The Bertz CT molecular complexity index is 916. The average Bonchev–Trinajstić information content (AvgIpc) is 2.87. The minimum atomic E-state index is -1.08. The molecular weight excluding hydrogens is 484 g/mol. The van der Waals surface area contributed by atoms with Crippen molar-refractivity contribution in [1.82, 2.24) is 0 Å². The normalized spacial score (nSPS) is 43.1. The smallest absolute Gasteiger partial charge is 0.146 e. The SMILES string of the molecule is C=C[C@@](O)(c1ccccc1)C1S[C@H]2C[C@H]3C[C@@H]([C@@H]2COCOC[C@@H]2[C@H](C[C@H]4C[C@@H]2C4(C)C)S1)C3(C)C. The van der Waals surface area contributed by atoms with Crippen LogP contribution in [0.5, 0.6) is 0 Å². The van der Waals surface area contributed by atoms with Gasteiger partial charge in [-0.25, -0.2) is 0 Å². The molecule has 1 aliphatic heterocycles. The fourth-order valence-corrected chi connectivity index (χ4v) is 12.8. The quantitative estimate of drug-likeness (QED) is 0.430. The molecule has 1 N–H and O–H groups in total. The molecule has 36 heavy (non-hydrogen) atoms. The fourth-order valence-electron chi connectivity index (χ4n) is 8.59. The summed E-state index contributed by atoms with van der Waals surface area (Å²) in [4.78, 5) is 0. The van der Waals surface area contributed by atoms with E-state index in [2.05, 4.69) is 46.4 Å². The van der Waals surface area contributed by atoms with Crippen LogP contribution in [0.25, 0.3) is 0 Å². The predicted molar refractivity (Wildman–Crippen MR) is 151 cm³/mol. The van der Waals surface area contributed by atoms with Crippen LogP contribution in [0, 0.1) is 46.3 Å². The van der Waals surface area contributed by atoms with E-state index in [1.165, 1.54) is 25.7 Å². The largest absolute Gasteiger partial charge is 0.379 e. The number of benzene rings is 1. The molecule has 6 saturated carbocycles. The molecule has 0 amide bonds. The Morgan fingerprint density at radius 2 is 1.36 bits per heavy atom. The van der Waals surface area contributed by atoms with Crippen molar-refractivity contribution in [2.45, 2.75) is 74.1 Å². The van der Waals surface area contributed by atoms with Gasteiger partial charge in [-0.05, 0) is 77.6 Å². The molecule has 4 bridgehead atoms. The van der Waals surface area contributed by atoms with Crippen LogP contribution < -0.4 is 0 Å². The van der Waals surface area contributed by atoms with E-state index < -0.39 is 5.60 Å². The van der Waals surface area contributed by atoms with E-state index in [1.807, 2.05) is 47.8 Å². The van der Waals surface area contributed by atoms with Crippen LogP contribution in [0.2, 0.25) is 0 Å². The highest BCUT2D eigenvalue weighted by molar-refractivity contribution is 8.17. The van der Waals surface area contributed by atoms with Crippen molar-refractivity contribution in [3.63, 3.8) is 0 Å². The number of ether oxygens (including phenoxy) is 2. The Hall–Kier alpha value is -0.460. The lowest BCUT2D eigenvalue weighted by molar-refractivity contribution is -0.158. The molecule has 0 aromatic heterocycles. The molecule has 0 radical (unpaired) electrons. The molecule has 7 aliphatic rings. The minimum absolute atomic E-state index is 0.00180. The lowest BCUT2D eigenvalue weighted by Crippen LogP contribution is -2.59. The first-order valence-electron chi connectivity index (χ1n) is 14.0. The van der Waals surface area contributed by atoms with Gasteiger partial charge in [0.15, 0.2) is 0 Å². The number of thioether (sulfide) groups is 2. The number of hydrogen-bond donors (Lipinski definition) is 1. The summed E-state index contributed by atoms with van der Waals surface area (Å²) in [6, 6.07) is 10.3. The summed E-state index contributed by atoms with van der Waals surface area (Å²) < 4.78 is 12.5. The van der Waals surface area contributed by atoms with E-state index in [0.717, 1.165) is 30.6 Å². The number of hydrogen-bond acceptors (Lipinski definition) is 5. The van der Waals surface area contributed by atoms with Gasteiger partial charge in [0, 0.05) is 10.5 Å². The van der Waals surface area contributed by atoms with Gasteiger partial charge in [-0.2, -0.15) is 0 Å². The molecule has 8 rings (SSSR count). The van der Waals surface area contributed by atoms with Crippen LogP contribution in [-0.4, -0.2) is 40.2 Å². The molecule has 1 aromatic carbocycles. The molecule has 0 spiro atoms. The first-order valence-corrected chi connectivity index (χ1v) is 15.9. The molecule has 6 aliphatic carbocycles. The molecule has 198 valence electrons. The van der Waals surface area contributed by atoms with E-state index >= 15 is 0 Å². The second kappa shape index (κ2) is 9.33. The van der Waals surface area contributed by atoms with Crippen molar-refractivity contribution in [1.29, 1.82) is 0 Å². The third kappa shape index (κ3) is 3.97. The molecule has 7 fully saturated rings. The maximum Gasteiger partial charge on any atom is 0.146 e. The van der Waals surface area contributed by atoms with Gasteiger partial charge in [-0.3, -0.25) is 0 Å². The van der Waals surface area contributed by atoms with Crippen LogP contribution in [0.4, 0.5) is 0 Å². The molecule has 5 heteroatoms. The van der Waals surface area contributed by atoms with Crippen molar-refractivity contribution in [3.05, 3.63) is 48.6 Å². The summed E-state index contributed by atoms with van der Waals surface area (Å²) in [6.45, 7) is 15.9. The number of rotatable bonds is 3. The first kappa shape index (κ1) is 25.8. The van der Waals surface area contributed by atoms with Crippen molar-refractivity contribution in [2.75, 3.05) is 20.0 Å². The Morgan fingerprint density at radius 3 is 1.81 bits per heavy atom.